The molecule has 0 bridgehead atoms. The summed E-state index contributed by atoms with van der Waals surface area (Å²) in [5.41, 5.74) is 6.53. The molecular weight excluding hydrogens is 480 g/mol. The van der Waals surface area contributed by atoms with Gasteiger partial charge in [-0.2, -0.15) is 18.6 Å². The predicted octanol–water partition coefficient (Wildman–Crippen LogP) is 3.29. The van der Waals surface area contributed by atoms with Crippen molar-refractivity contribution < 1.29 is 17.9 Å². The summed E-state index contributed by atoms with van der Waals surface area (Å²) < 4.78 is 36.6. The summed E-state index contributed by atoms with van der Waals surface area (Å²) in [5.74, 6) is 0. The topological polar surface area (TPSA) is 120 Å². The number of pyridine rings is 1. The van der Waals surface area contributed by atoms with Gasteiger partial charge in [-0.1, -0.05) is 12.1 Å². The molecule has 1 saturated heterocycles. The number of carbonyl (C=O) groups excluding carboxylic acids is 1. The van der Waals surface area contributed by atoms with Crippen molar-refractivity contribution in [1.82, 2.24) is 24.1 Å². The van der Waals surface area contributed by atoms with Gasteiger partial charge >= 0.3 is 6.03 Å². The van der Waals surface area contributed by atoms with Crippen LogP contribution in [0, 0.1) is 6.92 Å². The minimum absolute atomic E-state index is 0.0412. The first-order valence-corrected chi connectivity index (χ1v) is 13.4. The minimum atomic E-state index is -4.16. The molecule has 2 aliphatic rings. The lowest BCUT2D eigenvalue weighted by Gasteiger charge is -2.25. The molecule has 186 valence electrons. The Morgan fingerprint density at radius 1 is 1.22 bits per heavy atom. The van der Waals surface area contributed by atoms with Crippen molar-refractivity contribution in [2.45, 2.75) is 50.3 Å². The van der Waals surface area contributed by atoms with Crippen molar-refractivity contribution in [2.24, 2.45) is 0 Å². The second-order valence-electron chi connectivity index (χ2n) is 9.27. The molecule has 1 aromatic carbocycles. The second-order valence-corrected chi connectivity index (χ2v) is 10.9. The van der Waals surface area contributed by atoms with Crippen LogP contribution in [0.5, 0.6) is 0 Å². The Bertz CT molecular complexity index is 1590. The van der Waals surface area contributed by atoms with Gasteiger partial charge < -0.3 is 10.1 Å². The highest BCUT2D eigenvalue weighted by Gasteiger charge is 2.26. The van der Waals surface area contributed by atoms with Crippen LogP contribution in [-0.2, 0) is 34.1 Å². The molecule has 1 fully saturated rings. The van der Waals surface area contributed by atoms with Gasteiger partial charge in [-0.25, -0.2) is 14.0 Å². The molecule has 0 saturated carbocycles. The standard InChI is InChI=1S/C25H26N6O4S/c1-16-13-17-3-2-4-21(17)24(23(16)18-5-6-19-7-10-26-31(19)14-18)27-25(32)29-36(33,34)22-8-11-30(28-22)15-20-9-12-35-20/h5-8,10-11,13-14,20H,2-4,9,12,15H2,1H3,(H2,27,29,32). The number of benzene rings is 1. The molecule has 1 aliphatic heterocycles. The van der Waals surface area contributed by atoms with Crippen molar-refractivity contribution in [3.05, 3.63) is 65.6 Å². The third-order valence-electron chi connectivity index (χ3n) is 6.82. The van der Waals surface area contributed by atoms with E-state index in [9.17, 15) is 13.2 Å². The molecule has 4 heterocycles. The van der Waals surface area contributed by atoms with Gasteiger partial charge in [0.1, 0.15) is 0 Å². The second kappa shape index (κ2) is 8.75. The highest BCUT2D eigenvalue weighted by atomic mass is 32.2. The van der Waals surface area contributed by atoms with Crippen molar-refractivity contribution in [2.75, 3.05) is 11.9 Å². The molecule has 3 aromatic heterocycles. The third kappa shape index (κ3) is 4.14. The number of sulfonamides is 1. The highest BCUT2D eigenvalue weighted by Crippen LogP contribution is 2.40. The zero-order valence-electron chi connectivity index (χ0n) is 19.8. The van der Waals surface area contributed by atoms with Crippen LogP contribution in [0.15, 0.2) is 53.9 Å². The fourth-order valence-corrected chi connectivity index (χ4v) is 5.86. The Labute approximate surface area is 208 Å². The lowest BCUT2D eigenvalue weighted by molar-refractivity contribution is -0.0610. The summed E-state index contributed by atoms with van der Waals surface area (Å²) >= 11 is 0. The van der Waals surface area contributed by atoms with E-state index < -0.39 is 16.1 Å². The largest absolute Gasteiger partial charge is 0.376 e. The molecule has 6 rings (SSSR count). The fraction of sp³-hybridized carbons (Fsp3) is 0.320. The number of urea groups is 1. The molecule has 0 radical (unpaired) electrons. The average molecular weight is 507 g/mol. The van der Waals surface area contributed by atoms with Gasteiger partial charge in [0.2, 0.25) is 0 Å². The average Bonchev–Trinajstić information content (AvgIpc) is 3.55. The lowest BCUT2D eigenvalue weighted by atomic mass is 9.93. The number of hydrogen-bond acceptors (Lipinski definition) is 6. The first-order chi connectivity index (χ1) is 17.4. The van der Waals surface area contributed by atoms with Crippen LogP contribution in [0.25, 0.3) is 16.6 Å². The van der Waals surface area contributed by atoms with Crippen molar-refractivity contribution in [1.29, 1.82) is 0 Å². The van der Waals surface area contributed by atoms with Crippen LogP contribution in [-0.4, -0.2) is 46.6 Å². The van der Waals surface area contributed by atoms with Crippen molar-refractivity contribution in [3.63, 3.8) is 0 Å². The van der Waals surface area contributed by atoms with Gasteiger partial charge in [0.25, 0.3) is 10.0 Å². The lowest BCUT2D eigenvalue weighted by Crippen LogP contribution is -2.35. The Morgan fingerprint density at radius 3 is 2.89 bits per heavy atom. The zero-order valence-corrected chi connectivity index (χ0v) is 20.6. The third-order valence-corrected chi connectivity index (χ3v) is 8.05. The summed E-state index contributed by atoms with van der Waals surface area (Å²) in [6.45, 7) is 3.18. The Morgan fingerprint density at radius 2 is 2.08 bits per heavy atom. The number of ether oxygens (including phenoxy) is 1. The van der Waals surface area contributed by atoms with E-state index >= 15 is 0 Å². The molecule has 1 atom stereocenters. The van der Waals surface area contributed by atoms with E-state index in [-0.39, 0.29) is 11.1 Å². The molecule has 11 heteroatoms. The molecule has 4 aromatic rings. The van der Waals surface area contributed by atoms with Gasteiger partial charge in [0, 0.05) is 36.3 Å². The number of anilines is 1. The number of fused-ring (bicyclic) bond motifs is 2. The normalized spacial score (nSPS) is 17.1. The Balaban J connectivity index is 1.29. The molecule has 2 amide bonds. The maximum absolute atomic E-state index is 13.0. The van der Waals surface area contributed by atoms with Crippen LogP contribution in [0.3, 0.4) is 0 Å². The molecule has 10 nitrogen and oxygen atoms in total. The summed E-state index contributed by atoms with van der Waals surface area (Å²) in [4.78, 5) is 13.0. The van der Waals surface area contributed by atoms with Crippen molar-refractivity contribution in [3.8, 4) is 11.1 Å². The molecule has 36 heavy (non-hydrogen) atoms. The van der Waals surface area contributed by atoms with Crippen LogP contribution >= 0.6 is 0 Å². The summed E-state index contributed by atoms with van der Waals surface area (Å²) in [6.07, 6.45) is 8.88. The number of hydrogen-bond donors (Lipinski definition) is 2. The summed E-state index contributed by atoms with van der Waals surface area (Å²) in [7, 11) is -4.16. The SMILES string of the molecule is Cc1cc2c(c(NC(=O)NS(=O)(=O)c3ccn(CC4CCO4)n3)c1-c1ccc3ccnn3c1)CCC2. The van der Waals surface area contributed by atoms with Crippen molar-refractivity contribution >= 4 is 27.3 Å². The van der Waals surface area contributed by atoms with E-state index in [4.69, 9.17) is 4.74 Å². The molecular formula is C25H26N6O4S. The molecule has 2 N–H and O–H groups in total. The van der Waals surface area contributed by atoms with Crippen LogP contribution in [0.2, 0.25) is 0 Å². The van der Waals surface area contributed by atoms with Gasteiger partial charge in [-0.15, -0.1) is 0 Å². The van der Waals surface area contributed by atoms with Crippen LogP contribution in [0.4, 0.5) is 10.5 Å². The highest BCUT2D eigenvalue weighted by molar-refractivity contribution is 7.90. The van der Waals surface area contributed by atoms with E-state index in [0.717, 1.165) is 53.5 Å². The van der Waals surface area contributed by atoms with Gasteiger partial charge in [0.15, 0.2) is 5.03 Å². The van der Waals surface area contributed by atoms with E-state index in [0.29, 0.717) is 18.8 Å². The minimum Gasteiger partial charge on any atom is -0.376 e. The van der Waals surface area contributed by atoms with Gasteiger partial charge in [-0.3, -0.25) is 4.68 Å². The first kappa shape index (κ1) is 22.7. The van der Waals surface area contributed by atoms with Crippen LogP contribution < -0.4 is 10.0 Å². The van der Waals surface area contributed by atoms with E-state index in [1.165, 1.54) is 16.3 Å². The number of aryl methyl sites for hydroxylation is 2. The zero-order chi connectivity index (χ0) is 24.9. The predicted molar refractivity (Wildman–Crippen MR) is 133 cm³/mol. The fourth-order valence-electron chi connectivity index (χ4n) is 5.00. The number of carbonyl (C=O) groups is 1. The number of nitrogens with zero attached hydrogens (tertiary/aromatic N) is 4. The van der Waals surface area contributed by atoms with Crippen LogP contribution in [0.1, 0.15) is 29.5 Å². The summed E-state index contributed by atoms with van der Waals surface area (Å²) in [5, 5.41) is 11.1. The van der Waals surface area contributed by atoms with E-state index in [1.54, 1.807) is 16.9 Å². The van der Waals surface area contributed by atoms with E-state index in [1.807, 2.05) is 31.3 Å². The molecule has 1 unspecified atom stereocenters. The molecule has 1 aliphatic carbocycles. The Kier molecular flexibility index (Phi) is 5.53. The Hall–Kier alpha value is -3.70. The monoisotopic (exact) mass is 506 g/mol. The van der Waals surface area contributed by atoms with Gasteiger partial charge in [0.05, 0.1) is 23.9 Å². The maximum Gasteiger partial charge on any atom is 0.333 e. The maximum atomic E-state index is 13.0. The number of aromatic nitrogens is 4. The number of rotatable bonds is 6. The smallest absolute Gasteiger partial charge is 0.333 e. The number of amides is 2. The number of nitrogens with one attached hydrogen (secondary N) is 2. The van der Waals surface area contributed by atoms with E-state index in [2.05, 4.69) is 26.3 Å². The molecule has 0 spiro atoms. The van der Waals surface area contributed by atoms with Gasteiger partial charge in [-0.05, 0) is 67.5 Å². The quantitative estimate of drug-likeness (QED) is 0.414. The summed E-state index contributed by atoms with van der Waals surface area (Å²) in [6, 6.07) is 8.57. The first-order valence-electron chi connectivity index (χ1n) is 12.0.